The fourth-order valence-electron chi connectivity index (χ4n) is 2.72. The molecule has 2 aromatic rings. The molecule has 0 amide bonds. The molecule has 5 nitrogen and oxygen atoms in total. The van der Waals surface area contributed by atoms with Gasteiger partial charge in [-0.2, -0.15) is 5.10 Å². The second-order valence-corrected chi connectivity index (χ2v) is 7.19. The van der Waals surface area contributed by atoms with Gasteiger partial charge in [0, 0.05) is 23.6 Å². The van der Waals surface area contributed by atoms with Gasteiger partial charge in [-0.15, -0.1) is 0 Å². The summed E-state index contributed by atoms with van der Waals surface area (Å²) in [6, 6.07) is 6.87. The highest BCUT2D eigenvalue weighted by atomic mass is 35.5. The van der Waals surface area contributed by atoms with Gasteiger partial charge in [0.05, 0.1) is 23.2 Å². The van der Waals surface area contributed by atoms with Gasteiger partial charge in [0.2, 0.25) is 5.88 Å². The number of hydrogen-bond donors (Lipinski definition) is 1. The van der Waals surface area contributed by atoms with Gasteiger partial charge in [0.1, 0.15) is 11.0 Å². The molecule has 1 N–H and O–H groups in total. The number of ether oxygens (including phenoxy) is 1. The Morgan fingerprint density at radius 3 is 2.87 bits per heavy atom. The van der Waals surface area contributed by atoms with Crippen molar-refractivity contribution < 1.29 is 8.95 Å². The molecular formula is C16H20ClN3O2S. The summed E-state index contributed by atoms with van der Waals surface area (Å²) in [5, 5.41) is 5.29. The highest BCUT2D eigenvalue weighted by molar-refractivity contribution is 7.83. The summed E-state index contributed by atoms with van der Waals surface area (Å²) in [4.78, 5) is 0.694. The van der Waals surface area contributed by atoms with Crippen LogP contribution in [0.15, 0.2) is 29.2 Å². The molecule has 7 heteroatoms. The van der Waals surface area contributed by atoms with Crippen molar-refractivity contribution in [2.75, 3.05) is 6.61 Å². The predicted molar refractivity (Wildman–Crippen MR) is 91.1 cm³/mol. The molecule has 0 saturated carbocycles. The van der Waals surface area contributed by atoms with Crippen LogP contribution in [0.3, 0.4) is 0 Å². The van der Waals surface area contributed by atoms with Gasteiger partial charge >= 0.3 is 0 Å². The highest BCUT2D eigenvalue weighted by Crippen LogP contribution is 2.30. The summed E-state index contributed by atoms with van der Waals surface area (Å²) in [7, 11) is -1.32. The minimum absolute atomic E-state index is 0.136. The zero-order valence-electron chi connectivity index (χ0n) is 13.2. The predicted octanol–water partition coefficient (Wildman–Crippen LogP) is 3.25. The second-order valence-electron chi connectivity index (χ2n) is 5.51. The largest absolute Gasteiger partial charge is 0.478 e. The lowest BCUT2D eigenvalue weighted by Crippen LogP contribution is -2.22. The van der Waals surface area contributed by atoms with Gasteiger partial charge < -0.3 is 4.74 Å². The van der Waals surface area contributed by atoms with Crippen LogP contribution in [-0.2, 0) is 24.0 Å². The zero-order valence-corrected chi connectivity index (χ0v) is 14.8. The Balaban J connectivity index is 1.80. The Labute approximate surface area is 143 Å². The fourth-order valence-corrected chi connectivity index (χ4v) is 3.80. The van der Waals surface area contributed by atoms with Crippen molar-refractivity contribution in [2.45, 2.75) is 44.2 Å². The molecule has 0 spiro atoms. The third kappa shape index (κ3) is 3.44. The van der Waals surface area contributed by atoms with Gasteiger partial charge in [-0.1, -0.05) is 18.5 Å². The highest BCUT2D eigenvalue weighted by Gasteiger charge is 2.24. The van der Waals surface area contributed by atoms with E-state index < -0.39 is 11.0 Å². The number of aryl methyl sites for hydroxylation is 1. The molecule has 1 aromatic carbocycles. The molecule has 23 heavy (non-hydrogen) atoms. The van der Waals surface area contributed by atoms with Crippen molar-refractivity contribution in [1.29, 1.82) is 0 Å². The number of benzene rings is 1. The van der Waals surface area contributed by atoms with E-state index >= 15 is 0 Å². The van der Waals surface area contributed by atoms with Gasteiger partial charge in [-0.3, -0.25) is 0 Å². The first-order valence-corrected chi connectivity index (χ1v) is 9.28. The summed E-state index contributed by atoms with van der Waals surface area (Å²) in [5.74, 6) is 0.861. The molecule has 0 saturated heterocycles. The van der Waals surface area contributed by atoms with Crippen LogP contribution in [0.1, 0.15) is 37.6 Å². The van der Waals surface area contributed by atoms with Crippen LogP contribution in [0.2, 0.25) is 5.02 Å². The molecule has 0 aliphatic carbocycles. The summed E-state index contributed by atoms with van der Waals surface area (Å²) in [6.07, 6.45) is 1.81. The third-order valence-corrected chi connectivity index (χ3v) is 5.38. The summed E-state index contributed by atoms with van der Waals surface area (Å²) in [5.41, 5.74) is 2.00. The van der Waals surface area contributed by atoms with E-state index in [1.165, 1.54) is 0 Å². The Bertz CT molecular complexity index is 715. The Morgan fingerprint density at radius 2 is 2.17 bits per heavy atom. The first-order valence-electron chi connectivity index (χ1n) is 7.76. The average Bonchev–Trinajstić information content (AvgIpc) is 2.94. The first kappa shape index (κ1) is 16.5. The first-order chi connectivity index (χ1) is 11.1. The minimum Gasteiger partial charge on any atom is -0.478 e. The molecule has 1 aliphatic rings. The van der Waals surface area contributed by atoms with Crippen LogP contribution in [0, 0.1) is 0 Å². The average molecular weight is 354 g/mol. The molecule has 0 radical (unpaired) electrons. The number of hydrogen-bond acceptors (Lipinski definition) is 3. The maximum absolute atomic E-state index is 12.5. The van der Waals surface area contributed by atoms with Crippen LogP contribution >= 0.6 is 11.6 Å². The van der Waals surface area contributed by atoms with E-state index in [-0.39, 0.29) is 6.04 Å². The topological polar surface area (TPSA) is 56.2 Å². The number of aromatic nitrogens is 2. The molecule has 124 valence electrons. The van der Waals surface area contributed by atoms with Crippen molar-refractivity contribution in [3.63, 3.8) is 0 Å². The van der Waals surface area contributed by atoms with Crippen LogP contribution < -0.4 is 9.46 Å². The minimum atomic E-state index is -1.32. The Morgan fingerprint density at radius 1 is 1.43 bits per heavy atom. The molecule has 2 atom stereocenters. The van der Waals surface area contributed by atoms with Gasteiger partial charge in [0.25, 0.3) is 0 Å². The molecular weight excluding hydrogens is 334 g/mol. The van der Waals surface area contributed by atoms with Gasteiger partial charge in [-0.05, 0) is 37.6 Å². The molecule has 1 aromatic heterocycles. The fraction of sp³-hybridized carbons (Fsp3) is 0.438. The third-order valence-electron chi connectivity index (χ3n) is 3.86. The normalized spacial score (nSPS) is 16.5. The number of halogens is 1. The lowest BCUT2D eigenvalue weighted by molar-refractivity contribution is 0.228. The molecule has 0 bridgehead atoms. The smallest absolute Gasteiger partial charge is 0.215 e. The van der Waals surface area contributed by atoms with Crippen LogP contribution in [-0.4, -0.2) is 20.6 Å². The summed E-state index contributed by atoms with van der Waals surface area (Å²) >= 11 is 5.87. The maximum Gasteiger partial charge on any atom is 0.215 e. The van der Waals surface area contributed by atoms with Crippen molar-refractivity contribution in [3.8, 4) is 5.88 Å². The van der Waals surface area contributed by atoms with Gasteiger partial charge in [0.15, 0.2) is 0 Å². The molecule has 3 rings (SSSR count). The molecule has 2 unspecified atom stereocenters. The SMILES string of the molecule is CCc1c(C(C)NS(=O)c2ccc(Cl)cc2)nn2c1OCCC2. The maximum atomic E-state index is 12.5. The number of fused-ring (bicyclic) bond motifs is 1. The van der Waals surface area contributed by atoms with Crippen molar-refractivity contribution in [3.05, 3.63) is 40.5 Å². The van der Waals surface area contributed by atoms with Crippen LogP contribution in [0.5, 0.6) is 5.88 Å². The lowest BCUT2D eigenvalue weighted by atomic mass is 10.1. The van der Waals surface area contributed by atoms with Gasteiger partial charge in [-0.25, -0.2) is 13.6 Å². The van der Waals surface area contributed by atoms with Crippen molar-refractivity contribution >= 4 is 22.6 Å². The number of nitrogens with one attached hydrogen (secondary N) is 1. The van der Waals surface area contributed by atoms with E-state index in [0.717, 1.165) is 43.1 Å². The van der Waals surface area contributed by atoms with Crippen LogP contribution in [0.25, 0.3) is 0 Å². The van der Waals surface area contributed by atoms with E-state index in [1.54, 1.807) is 24.3 Å². The standard InChI is InChI=1S/C16H20ClN3O2S/c1-3-14-15(18-20-9-4-10-22-16(14)20)11(2)19-23(21)13-7-5-12(17)6-8-13/h5-8,11,19H,3-4,9-10H2,1-2H3. The quantitative estimate of drug-likeness (QED) is 0.897. The number of rotatable bonds is 5. The lowest BCUT2D eigenvalue weighted by Gasteiger charge is -2.15. The molecule has 2 heterocycles. The van der Waals surface area contributed by atoms with E-state index in [0.29, 0.717) is 9.92 Å². The zero-order chi connectivity index (χ0) is 16.4. The van der Waals surface area contributed by atoms with E-state index in [2.05, 4.69) is 16.7 Å². The number of nitrogens with zero attached hydrogens (tertiary/aromatic N) is 2. The Hall–Kier alpha value is -1.37. The monoisotopic (exact) mass is 353 g/mol. The molecule has 0 fully saturated rings. The van der Waals surface area contributed by atoms with Crippen LogP contribution in [0.4, 0.5) is 0 Å². The van der Waals surface area contributed by atoms with E-state index in [4.69, 9.17) is 16.3 Å². The Kier molecular flexibility index (Phi) is 5.04. The van der Waals surface area contributed by atoms with E-state index in [1.807, 2.05) is 11.6 Å². The summed E-state index contributed by atoms with van der Waals surface area (Å²) in [6.45, 7) is 5.66. The van der Waals surface area contributed by atoms with E-state index in [9.17, 15) is 4.21 Å². The summed E-state index contributed by atoms with van der Waals surface area (Å²) < 4.78 is 23.3. The second kappa shape index (κ2) is 7.03. The van der Waals surface area contributed by atoms with Crippen molar-refractivity contribution in [2.24, 2.45) is 0 Å². The van der Waals surface area contributed by atoms with Crippen molar-refractivity contribution in [1.82, 2.24) is 14.5 Å². The molecule has 1 aliphatic heterocycles.